The molecule has 148 valence electrons. The van der Waals surface area contributed by atoms with Crippen molar-refractivity contribution < 1.29 is 18.6 Å². The number of allylic oxidation sites excluding steroid dienone is 2. The third-order valence-electron chi connectivity index (χ3n) is 5.04. The van der Waals surface area contributed by atoms with Crippen molar-refractivity contribution in [2.45, 2.75) is 39.0 Å². The van der Waals surface area contributed by atoms with Crippen LogP contribution in [-0.2, 0) is 11.2 Å². The molecule has 0 saturated heterocycles. The molecule has 0 saturated carbocycles. The molecule has 0 spiro atoms. The van der Waals surface area contributed by atoms with Gasteiger partial charge in [0.2, 0.25) is 5.79 Å². The standard InChI is InChI=1S/C23H25F2NO2/c1-22(2,3)21(26)23(27)19(13-15-7-5-4-6-8-15)17(11-12-28-23)18-14-16(24)9-10-20(18)25/h4-12,14,21,27H,13,26H2,1-3H3/t21?,23-/m1/s1. The number of ether oxygens (including phenoxy) is 1. The maximum atomic E-state index is 14.6. The topological polar surface area (TPSA) is 55.5 Å². The lowest BCUT2D eigenvalue weighted by molar-refractivity contribution is -0.171. The zero-order valence-electron chi connectivity index (χ0n) is 16.2. The predicted octanol–water partition coefficient (Wildman–Crippen LogP) is 4.57. The lowest BCUT2D eigenvalue weighted by Crippen LogP contribution is -2.58. The van der Waals surface area contributed by atoms with Gasteiger partial charge in [-0.25, -0.2) is 8.78 Å². The summed E-state index contributed by atoms with van der Waals surface area (Å²) in [5.74, 6) is -3.01. The number of hydrogen-bond donors (Lipinski definition) is 2. The van der Waals surface area contributed by atoms with Crippen molar-refractivity contribution in [3.63, 3.8) is 0 Å². The van der Waals surface area contributed by atoms with E-state index in [-0.39, 0.29) is 12.0 Å². The van der Waals surface area contributed by atoms with E-state index in [2.05, 4.69) is 0 Å². The Morgan fingerprint density at radius 3 is 2.43 bits per heavy atom. The highest BCUT2D eigenvalue weighted by molar-refractivity contribution is 5.79. The van der Waals surface area contributed by atoms with Crippen LogP contribution in [0.3, 0.4) is 0 Å². The van der Waals surface area contributed by atoms with E-state index >= 15 is 0 Å². The highest BCUT2D eigenvalue weighted by Gasteiger charge is 2.48. The van der Waals surface area contributed by atoms with Crippen molar-refractivity contribution in [1.82, 2.24) is 0 Å². The molecular weight excluding hydrogens is 360 g/mol. The van der Waals surface area contributed by atoms with Crippen LogP contribution in [-0.4, -0.2) is 16.9 Å². The maximum absolute atomic E-state index is 14.6. The van der Waals surface area contributed by atoms with Gasteiger partial charge in [-0.15, -0.1) is 0 Å². The van der Waals surface area contributed by atoms with Gasteiger partial charge in [0.1, 0.15) is 11.6 Å². The van der Waals surface area contributed by atoms with Crippen LogP contribution in [0.25, 0.3) is 5.57 Å². The molecule has 2 aromatic rings. The van der Waals surface area contributed by atoms with Gasteiger partial charge in [0.25, 0.3) is 0 Å². The monoisotopic (exact) mass is 385 g/mol. The summed E-state index contributed by atoms with van der Waals surface area (Å²) in [5.41, 5.74) is 7.61. The fraction of sp³-hybridized carbons (Fsp3) is 0.304. The van der Waals surface area contributed by atoms with E-state index < -0.39 is 28.9 Å². The summed E-state index contributed by atoms with van der Waals surface area (Å²) in [4.78, 5) is 0. The van der Waals surface area contributed by atoms with Crippen molar-refractivity contribution in [2.24, 2.45) is 11.1 Å². The average Bonchev–Trinajstić information content (AvgIpc) is 2.65. The first kappa shape index (κ1) is 20.2. The second kappa shape index (κ2) is 7.49. The van der Waals surface area contributed by atoms with Gasteiger partial charge in [0, 0.05) is 17.6 Å². The van der Waals surface area contributed by atoms with E-state index in [0.717, 1.165) is 23.8 Å². The van der Waals surface area contributed by atoms with Crippen molar-refractivity contribution >= 4 is 5.57 Å². The smallest absolute Gasteiger partial charge is 0.246 e. The average molecular weight is 385 g/mol. The predicted molar refractivity (Wildman–Crippen MR) is 106 cm³/mol. The molecule has 1 aliphatic heterocycles. The summed E-state index contributed by atoms with van der Waals surface area (Å²) in [6.07, 6.45) is 3.11. The summed E-state index contributed by atoms with van der Waals surface area (Å²) < 4.78 is 34.1. The van der Waals surface area contributed by atoms with E-state index in [9.17, 15) is 13.9 Å². The van der Waals surface area contributed by atoms with Gasteiger partial charge in [-0.05, 0) is 40.8 Å². The third-order valence-corrected chi connectivity index (χ3v) is 5.04. The Morgan fingerprint density at radius 2 is 1.79 bits per heavy atom. The third kappa shape index (κ3) is 3.86. The molecular formula is C23H25F2NO2. The minimum atomic E-state index is -1.86. The quantitative estimate of drug-likeness (QED) is 0.811. The Balaban J connectivity index is 2.23. The number of nitrogens with two attached hydrogens (primary N) is 1. The number of aliphatic hydroxyl groups is 1. The molecule has 0 fully saturated rings. The lowest BCUT2D eigenvalue weighted by Gasteiger charge is -2.43. The molecule has 3 rings (SSSR count). The summed E-state index contributed by atoms with van der Waals surface area (Å²) in [6.45, 7) is 5.67. The Labute approximate surface area is 164 Å². The van der Waals surface area contributed by atoms with E-state index in [1.54, 1.807) is 6.08 Å². The van der Waals surface area contributed by atoms with Crippen LogP contribution >= 0.6 is 0 Å². The van der Waals surface area contributed by atoms with Crippen molar-refractivity contribution in [3.05, 3.63) is 89.2 Å². The molecule has 2 atom stereocenters. The van der Waals surface area contributed by atoms with Gasteiger partial charge in [-0.3, -0.25) is 0 Å². The number of benzene rings is 2. The first-order chi connectivity index (χ1) is 13.1. The van der Waals surface area contributed by atoms with E-state index in [1.165, 1.54) is 6.26 Å². The first-order valence-electron chi connectivity index (χ1n) is 9.18. The maximum Gasteiger partial charge on any atom is 0.246 e. The van der Waals surface area contributed by atoms with E-state index in [4.69, 9.17) is 10.5 Å². The molecule has 1 heterocycles. The Bertz CT molecular complexity index is 916. The molecule has 1 aliphatic rings. The largest absolute Gasteiger partial charge is 0.464 e. The summed E-state index contributed by atoms with van der Waals surface area (Å²) in [7, 11) is 0. The van der Waals surface area contributed by atoms with Crippen molar-refractivity contribution in [1.29, 1.82) is 0 Å². The summed E-state index contributed by atoms with van der Waals surface area (Å²) in [5, 5.41) is 11.5. The molecule has 1 unspecified atom stereocenters. The molecule has 0 radical (unpaired) electrons. The van der Waals surface area contributed by atoms with Crippen LogP contribution in [0.2, 0.25) is 0 Å². The molecule has 0 aliphatic carbocycles. The minimum absolute atomic E-state index is 0.0602. The number of rotatable bonds is 4. The Kier molecular flexibility index (Phi) is 5.41. The van der Waals surface area contributed by atoms with Crippen LogP contribution in [0.1, 0.15) is 31.9 Å². The number of hydrogen-bond acceptors (Lipinski definition) is 3. The molecule has 0 bridgehead atoms. The Morgan fingerprint density at radius 1 is 1.11 bits per heavy atom. The van der Waals surface area contributed by atoms with Gasteiger partial charge in [0.15, 0.2) is 0 Å². The second-order valence-corrected chi connectivity index (χ2v) is 8.14. The molecule has 0 amide bonds. The van der Waals surface area contributed by atoms with Crippen LogP contribution in [0, 0.1) is 17.0 Å². The highest BCUT2D eigenvalue weighted by Crippen LogP contribution is 2.41. The van der Waals surface area contributed by atoms with Crippen LogP contribution in [0.15, 0.2) is 66.4 Å². The molecule has 2 aromatic carbocycles. The van der Waals surface area contributed by atoms with Gasteiger partial charge in [-0.2, -0.15) is 0 Å². The highest BCUT2D eigenvalue weighted by atomic mass is 19.1. The van der Waals surface area contributed by atoms with Crippen LogP contribution in [0.5, 0.6) is 0 Å². The zero-order chi connectivity index (χ0) is 20.5. The molecule has 28 heavy (non-hydrogen) atoms. The second-order valence-electron chi connectivity index (χ2n) is 8.14. The SMILES string of the molecule is CC(C)(C)C(N)[C@]1(O)OC=CC(c2cc(F)ccc2F)=C1Cc1ccccc1. The van der Waals surface area contributed by atoms with E-state index in [0.29, 0.717) is 11.1 Å². The van der Waals surface area contributed by atoms with Gasteiger partial charge >= 0.3 is 0 Å². The van der Waals surface area contributed by atoms with Crippen molar-refractivity contribution in [3.8, 4) is 0 Å². The van der Waals surface area contributed by atoms with E-state index in [1.807, 2.05) is 51.1 Å². The Hall–Kier alpha value is -2.50. The minimum Gasteiger partial charge on any atom is -0.464 e. The van der Waals surface area contributed by atoms with Gasteiger partial charge in [0.05, 0.1) is 12.3 Å². The zero-order valence-corrected chi connectivity index (χ0v) is 16.2. The fourth-order valence-electron chi connectivity index (χ4n) is 3.40. The lowest BCUT2D eigenvalue weighted by atomic mass is 9.75. The molecule has 0 aromatic heterocycles. The molecule has 5 heteroatoms. The first-order valence-corrected chi connectivity index (χ1v) is 9.18. The molecule has 3 nitrogen and oxygen atoms in total. The summed E-state index contributed by atoms with van der Waals surface area (Å²) >= 11 is 0. The molecule has 3 N–H and O–H groups in total. The van der Waals surface area contributed by atoms with Gasteiger partial charge in [-0.1, -0.05) is 51.1 Å². The van der Waals surface area contributed by atoms with Crippen molar-refractivity contribution in [2.75, 3.05) is 0 Å². The van der Waals surface area contributed by atoms with Crippen LogP contribution in [0.4, 0.5) is 8.78 Å². The normalized spacial score (nSPS) is 20.8. The summed E-state index contributed by atoms with van der Waals surface area (Å²) in [6, 6.07) is 11.9. The number of halogens is 2. The van der Waals surface area contributed by atoms with Crippen LogP contribution < -0.4 is 5.73 Å². The fourth-order valence-corrected chi connectivity index (χ4v) is 3.40. The van der Waals surface area contributed by atoms with Gasteiger partial charge < -0.3 is 15.6 Å².